The number of aromatic nitrogens is 1. The van der Waals surface area contributed by atoms with Gasteiger partial charge >= 0.3 is 0 Å². The Kier molecular flexibility index (Phi) is 4.88. The van der Waals surface area contributed by atoms with E-state index in [0.717, 1.165) is 55.8 Å². The topological polar surface area (TPSA) is 49.2 Å². The van der Waals surface area contributed by atoms with Gasteiger partial charge in [-0.25, -0.2) is 4.98 Å². The van der Waals surface area contributed by atoms with Gasteiger partial charge in [0.25, 0.3) is 0 Å². The quantitative estimate of drug-likeness (QED) is 0.819. The van der Waals surface area contributed by atoms with Crippen LogP contribution < -0.4 is 4.90 Å². The predicted octanol–water partition coefficient (Wildman–Crippen LogP) is 4.26. The Labute approximate surface area is 161 Å². The van der Waals surface area contributed by atoms with Crippen LogP contribution in [0.25, 0.3) is 0 Å². The van der Waals surface area contributed by atoms with Crippen LogP contribution in [0.4, 0.5) is 5.82 Å². The molecule has 0 aliphatic carbocycles. The second-order valence-electron chi connectivity index (χ2n) is 8.42. The third-order valence-corrected chi connectivity index (χ3v) is 5.78. The predicted molar refractivity (Wildman–Crippen MR) is 107 cm³/mol. The van der Waals surface area contributed by atoms with E-state index in [1.54, 1.807) is 0 Å². The lowest BCUT2D eigenvalue weighted by atomic mass is 9.90. The first-order chi connectivity index (χ1) is 13.0. The third-order valence-electron chi connectivity index (χ3n) is 5.78. The van der Waals surface area contributed by atoms with E-state index in [4.69, 9.17) is 9.72 Å². The molecule has 0 atom stereocenters. The van der Waals surface area contributed by atoms with Crippen LogP contribution in [0, 0.1) is 17.2 Å². The molecule has 0 amide bonds. The van der Waals surface area contributed by atoms with Crippen molar-refractivity contribution >= 4 is 5.82 Å². The first-order valence-corrected chi connectivity index (χ1v) is 9.90. The molecule has 0 bridgehead atoms. The zero-order valence-electron chi connectivity index (χ0n) is 16.2. The molecular formula is C23H27N3O. The maximum absolute atomic E-state index is 9.64. The molecule has 1 saturated heterocycles. The molecule has 1 aromatic carbocycles. The number of nitriles is 1. The molecule has 2 aromatic rings. The summed E-state index contributed by atoms with van der Waals surface area (Å²) in [6.45, 7) is 6.69. The van der Waals surface area contributed by atoms with Crippen molar-refractivity contribution in [3.05, 3.63) is 58.8 Å². The monoisotopic (exact) mass is 361 g/mol. The number of benzene rings is 1. The average molecular weight is 361 g/mol. The highest BCUT2D eigenvalue weighted by molar-refractivity contribution is 5.56. The highest BCUT2D eigenvalue weighted by Crippen LogP contribution is 2.32. The van der Waals surface area contributed by atoms with E-state index in [9.17, 15) is 5.26 Å². The molecule has 3 heterocycles. The second kappa shape index (κ2) is 7.32. The molecular weight excluding hydrogens is 334 g/mol. The fourth-order valence-corrected chi connectivity index (χ4v) is 4.21. The Hall–Kier alpha value is -2.38. The lowest BCUT2D eigenvalue weighted by Crippen LogP contribution is -2.37. The zero-order chi connectivity index (χ0) is 18.9. The van der Waals surface area contributed by atoms with E-state index in [1.807, 2.05) is 6.07 Å². The van der Waals surface area contributed by atoms with Crippen LogP contribution in [0.15, 0.2) is 36.4 Å². The molecule has 0 saturated carbocycles. The molecule has 4 rings (SSSR count). The maximum atomic E-state index is 9.64. The summed E-state index contributed by atoms with van der Waals surface area (Å²) < 4.78 is 5.88. The summed E-state index contributed by atoms with van der Waals surface area (Å²) in [5, 5.41) is 9.64. The van der Waals surface area contributed by atoms with Crippen molar-refractivity contribution < 1.29 is 4.74 Å². The third kappa shape index (κ3) is 3.99. The van der Waals surface area contributed by atoms with Crippen molar-refractivity contribution in [1.29, 1.82) is 5.26 Å². The Balaban J connectivity index is 1.49. The van der Waals surface area contributed by atoms with Gasteiger partial charge in [-0.15, -0.1) is 0 Å². The molecule has 0 unspecified atom stereocenters. The lowest BCUT2D eigenvalue weighted by Gasteiger charge is -2.35. The van der Waals surface area contributed by atoms with Crippen LogP contribution in [0.2, 0.25) is 0 Å². The van der Waals surface area contributed by atoms with Gasteiger partial charge in [0.05, 0.1) is 23.5 Å². The summed E-state index contributed by atoms with van der Waals surface area (Å²) in [5.74, 6) is 1.58. The van der Waals surface area contributed by atoms with Crippen LogP contribution in [0.1, 0.15) is 49.1 Å². The van der Waals surface area contributed by atoms with E-state index < -0.39 is 0 Å². The second-order valence-corrected chi connectivity index (χ2v) is 8.42. The maximum Gasteiger partial charge on any atom is 0.146 e. The zero-order valence-corrected chi connectivity index (χ0v) is 16.2. The summed E-state index contributed by atoms with van der Waals surface area (Å²) >= 11 is 0. The van der Waals surface area contributed by atoms with Gasteiger partial charge in [0.1, 0.15) is 11.9 Å². The molecule has 0 N–H and O–H groups in total. The number of hydrogen-bond acceptors (Lipinski definition) is 4. The Morgan fingerprint density at radius 2 is 1.96 bits per heavy atom. The van der Waals surface area contributed by atoms with Crippen molar-refractivity contribution in [3.8, 4) is 6.07 Å². The molecule has 0 radical (unpaired) electrons. The first kappa shape index (κ1) is 18.0. The van der Waals surface area contributed by atoms with Crippen molar-refractivity contribution in [3.63, 3.8) is 0 Å². The molecule has 1 fully saturated rings. The summed E-state index contributed by atoms with van der Waals surface area (Å²) in [5.41, 5.74) is 4.07. The normalized spacial score (nSPS) is 19.4. The first-order valence-electron chi connectivity index (χ1n) is 9.90. The van der Waals surface area contributed by atoms with Crippen molar-refractivity contribution in [2.24, 2.45) is 5.92 Å². The molecule has 1 aromatic heterocycles. The van der Waals surface area contributed by atoms with Gasteiger partial charge in [0.15, 0.2) is 0 Å². The van der Waals surface area contributed by atoms with E-state index in [2.05, 4.69) is 55.1 Å². The van der Waals surface area contributed by atoms with Crippen LogP contribution in [-0.2, 0) is 24.2 Å². The summed E-state index contributed by atoms with van der Waals surface area (Å²) in [4.78, 5) is 7.24. The van der Waals surface area contributed by atoms with Gasteiger partial charge in [0.2, 0.25) is 0 Å². The van der Waals surface area contributed by atoms with Gasteiger partial charge in [-0.05, 0) is 50.7 Å². The number of ether oxygens (including phenoxy) is 1. The Morgan fingerprint density at radius 3 is 2.67 bits per heavy atom. The Bertz CT molecular complexity index is 846. The number of anilines is 1. The van der Waals surface area contributed by atoms with Gasteiger partial charge in [-0.3, -0.25) is 0 Å². The standard InChI is InChI=1S/C23H27N3O/c1-23(2)14-21-20(16-27-23)13-19(15-24)22(25-21)26-10-8-18(9-11-26)12-17-6-4-3-5-7-17/h3-7,13,18H,8-12,14,16H2,1-2H3. The SMILES string of the molecule is CC1(C)Cc2nc(N3CCC(Cc4ccccc4)CC3)c(C#N)cc2CO1. The minimum absolute atomic E-state index is 0.186. The molecule has 27 heavy (non-hydrogen) atoms. The molecule has 0 spiro atoms. The highest BCUT2D eigenvalue weighted by atomic mass is 16.5. The van der Waals surface area contributed by atoms with E-state index in [-0.39, 0.29) is 5.60 Å². The number of hydrogen-bond donors (Lipinski definition) is 0. The summed E-state index contributed by atoms with van der Waals surface area (Å²) in [7, 11) is 0. The number of fused-ring (bicyclic) bond motifs is 1. The van der Waals surface area contributed by atoms with Gasteiger partial charge in [-0.2, -0.15) is 5.26 Å². The lowest BCUT2D eigenvalue weighted by molar-refractivity contribution is -0.0412. The van der Waals surface area contributed by atoms with Crippen LogP contribution in [-0.4, -0.2) is 23.7 Å². The summed E-state index contributed by atoms with van der Waals surface area (Å²) in [6, 6.07) is 15.1. The Morgan fingerprint density at radius 1 is 1.22 bits per heavy atom. The minimum atomic E-state index is -0.186. The molecule has 4 heteroatoms. The van der Waals surface area contributed by atoms with Gasteiger partial charge in [-0.1, -0.05) is 30.3 Å². The smallest absolute Gasteiger partial charge is 0.146 e. The minimum Gasteiger partial charge on any atom is -0.370 e. The molecule has 2 aliphatic rings. The number of pyridine rings is 1. The van der Waals surface area contributed by atoms with Crippen LogP contribution >= 0.6 is 0 Å². The van der Waals surface area contributed by atoms with E-state index in [1.165, 1.54) is 5.56 Å². The van der Waals surface area contributed by atoms with Gasteiger partial charge < -0.3 is 9.64 Å². The van der Waals surface area contributed by atoms with Crippen molar-refractivity contribution in [2.45, 2.75) is 51.7 Å². The fraction of sp³-hybridized carbons (Fsp3) is 0.478. The average Bonchev–Trinajstić information content (AvgIpc) is 2.68. The number of piperidine rings is 1. The highest BCUT2D eigenvalue weighted by Gasteiger charge is 2.30. The van der Waals surface area contributed by atoms with Crippen molar-refractivity contribution in [1.82, 2.24) is 4.98 Å². The van der Waals surface area contributed by atoms with E-state index >= 15 is 0 Å². The van der Waals surface area contributed by atoms with E-state index in [0.29, 0.717) is 18.1 Å². The summed E-state index contributed by atoms with van der Waals surface area (Å²) in [6.07, 6.45) is 4.23. The van der Waals surface area contributed by atoms with Crippen LogP contribution in [0.3, 0.4) is 0 Å². The van der Waals surface area contributed by atoms with Gasteiger partial charge in [0, 0.05) is 25.1 Å². The molecule has 4 nitrogen and oxygen atoms in total. The van der Waals surface area contributed by atoms with Crippen molar-refractivity contribution in [2.75, 3.05) is 18.0 Å². The molecule has 140 valence electrons. The largest absolute Gasteiger partial charge is 0.370 e. The number of rotatable bonds is 3. The fourth-order valence-electron chi connectivity index (χ4n) is 4.21. The molecule has 2 aliphatic heterocycles. The van der Waals surface area contributed by atoms with Crippen LogP contribution in [0.5, 0.6) is 0 Å². The number of nitrogens with zero attached hydrogens (tertiary/aromatic N) is 3.